The van der Waals surface area contributed by atoms with Crippen molar-refractivity contribution >= 4 is 35.2 Å². The van der Waals surface area contributed by atoms with Crippen molar-refractivity contribution in [2.45, 2.75) is 39.2 Å². The van der Waals surface area contributed by atoms with Gasteiger partial charge in [0, 0.05) is 25.1 Å². The lowest BCUT2D eigenvalue weighted by molar-refractivity contribution is -0.136. The van der Waals surface area contributed by atoms with Crippen molar-refractivity contribution < 1.29 is 24.6 Å². The van der Waals surface area contributed by atoms with Crippen LogP contribution in [0, 0.1) is 0 Å². The smallest absolute Gasteiger partial charge is 0.335 e. The van der Waals surface area contributed by atoms with Gasteiger partial charge in [-0.25, -0.2) is 9.78 Å². The molecule has 2 aromatic carbocycles. The van der Waals surface area contributed by atoms with Crippen molar-refractivity contribution in [2.75, 3.05) is 11.4 Å². The van der Waals surface area contributed by atoms with Crippen LogP contribution in [0.5, 0.6) is 0 Å². The van der Waals surface area contributed by atoms with Crippen molar-refractivity contribution in [1.82, 2.24) is 9.55 Å². The quantitative estimate of drug-likeness (QED) is 0.424. The molecule has 1 aliphatic heterocycles. The summed E-state index contributed by atoms with van der Waals surface area (Å²) < 4.78 is 2.05. The number of unbranched alkanes of at least 4 members (excludes halogenated alkanes) is 1. The SMILES string of the molecule is CCCCc1ncc(/C=C2/C(=O)N(CCC(=O)O)c3ccccc32)n1Cc1ccc(C(=O)O)cc1. The van der Waals surface area contributed by atoms with E-state index in [0.29, 0.717) is 17.8 Å². The Bertz CT molecular complexity index is 1290. The number of aliphatic carboxylic acids is 1. The first kappa shape index (κ1) is 23.9. The number of para-hydroxylation sites is 1. The predicted octanol–water partition coefficient (Wildman–Crippen LogP) is 4.33. The summed E-state index contributed by atoms with van der Waals surface area (Å²) in [4.78, 5) is 41.8. The molecule has 3 aromatic rings. The third kappa shape index (κ3) is 5.16. The van der Waals surface area contributed by atoms with Crippen molar-refractivity contribution in [1.29, 1.82) is 0 Å². The number of carboxylic acid groups (broad SMARTS) is 2. The summed E-state index contributed by atoms with van der Waals surface area (Å²) in [6, 6.07) is 14.1. The summed E-state index contributed by atoms with van der Waals surface area (Å²) >= 11 is 0. The molecule has 0 aliphatic carbocycles. The van der Waals surface area contributed by atoms with Crippen LogP contribution in [0.1, 0.15) is 59.2 Å². The molecule has 0 unspecified atom stereocenters. The lowest BCUT2D eigenvalue weighted by Gasteiger charge is -2.15. The number of hydrogen-bond donors (Lipinski definition) is 2. The number of imidazole rings is 1. The van der Waals surface area contributed by atoms with E-state index in [-0.39, 0.29) is 24.4 Å². The highest BCUT2D eigenvalue weighted by molar-refractivity contribution is 6.35. The molecule has 1 aliphatic rings. The van der Waals surface area contributed by atoms with Crippen LogP contribution in [-0.4, -0.2) is 44.2 Å². The Morgan fingerprint density at radius 1 is 1.06 bits per heavy atom. The van der Waals surface area contributed by atoms with E-state index in [1.807, 2.05) is 34.9 Å². The minimum Gasteiger partial charge on any atom is -0.481 e. The number of aromatic nitrogens is 2. The number of hydrogen-bond acceptors (Lipinski definition) is 4. The van der Waals surface area contributed by atoms with Crippen LogP contribution in [0.2, 0.25) is 0 Å². The molecule has 0 fully saturated rings. The molecule has 2 N–H and O–H groups in total. The maximum atomic E-state index is 13.3. The van der Waals surface area contributed by atoms with E-state index < -0.39 is 11.9 Å². The fourth-order valence-corrected chi connectivity index (χ4v) is 4.22. The first-order valence-corrected chi connectivity index (χ1v) is 11.6. The van der Waals surface area contributed by atoms with Gasteiger partial charge in [-0.05, 0) is 36.3 Å². The minimum atomic E-state index is -0.973. The fraction of sp³-hybridized carbons (Fsp3) is 0.259. The van der Waals surface area contributed by atoms with Gasteiger partial charge in [-0.2, -0.15) is 0 Å². The first-order valence-electron chi connectivity index (χ1n) is 11.6. The molecule has 0 saturated heterocycles. The average Bonchev–Trinajstić information content (AvgIpc) is 3.34. The summed E-state index contributed by atoms with van der Waals surface area (Å²) in [6.07, 6.45) is 6.19. The van der Waals surface area contributed by atoms with Gasteiger partial charge in [0.2, 0.25) is 0 Å². The summed E-state index contributed by atoms with van der Waals surface area (Å²) in [6.45, 7) is 2.69. The number of fused-ring (bicyclic) bond motifs is 1. The normalized spacial score (nSPS) is 13.9. The van der Waals surface area contributed by atoms with E-state index in [1.54, 1.807) is 30.5 Å². The van der Waals surface area contributed by atoms with Crippen molar-refractivity contribution in [3.8, 4) is 0 Å². The van der Waals surface area contributed by atoms with Gasteiger partial charge >= 0.3 is 11.9 Å². The van der Waals surface area contributed by atoms with E-state index >= 15 is 0 Å². The van der Waals surface area contributed by atoms with Crippen LogP contribution in [0.25, 0.3) is 11.6 Å². The Kier molecular flexibility index (Phi) is 7.10. The summed E-state index contributed by atoms with van der Waals surface area (Å²) in [5, 5.41) is 18.3. The molecule has 2 heterocycles. The molecule has 8 heteroatoms. The number of carboxylic acids is 2. The standard InChI is InChI=1S/C27H27N3O5/c1-2-3-8-24-28-16-20(30(24)17-18-9-11-19(12-10-18)27(34)35)15-22-21-6-4-5-7-23(21)29(26(22)33)14-13-25(31)32/h4-7,9-12,15-16H,2-3,8,13-14,17H2,1H3,(H,31,32)(H,34,35)/b22-15+. The maximum Gasteiger partial charge on any atom is 0.335 e. The molecule has 180 valence electrons. The molecule has 0 saturated carbocycles. The molecule has 4 rings (SSSR count). The summed E-state index contributed by atoms with van der Waals surface area (Å²) in [5.41, 5.74) is 3.87. The topological polar surface area (TPSA) is 113 Å². The minimum absolute atomic E-state index is 0.0967. The van der Waals surface area contributed by atoms with Gasteiger partial charge in [-0.15, -0.1) is 0 Å². The van der Waals surface area contributed by atoms with E-state index in [2.05, 4.69) is 11.9 Å². The van der Waals surface area contributed by atoms with E-state index in [4.69, 9.17) is 5.11 Å². The zero-order chi connectivity index (χ0) is 24.9. The second-order valence-corrected chi connectivity index (χ2v) is 8.47. The number of benzene rings is 2. The lowest BCUT2D eigenvalue weighted by atomic mass is 10.1. The van der Waals surface area contributed by atoms with Gasteiger partial charge in [0.05, 0.1) is 35.1 Å². The van der Waals surface area contributed by atoms with Crippen LogP contribution < -0.4 is 4.90 Å². The van der Waals surface area contributed by atoms with Crippen molar-refractivity contribution in [3.05, 3.63) is 82.9 Å². The van der Waals surface area contributed by atoms with E-state index in [1.165, 1.54) is 4.90 Å². The second-order valence-electron chi connectivity index (χ2n) is 8.47. The number of anilines is 1. The predicted molar refractivity (Wildman–Crippen MR) is 132 cm³/mol. The van der Waals surface area contributed by atoms with E-state index in [9.17, 15) is 19.5 Å². The van der Waals surface area contributed by atoms with Crippen LogP contribution >= 0.6 is 0 Å². The molecule has 1 amide bonds. The summed E-state index contributed by atoms with van der Waals surface area (Å²) in [5.74, 6) is -1.28. The molecular formula is C27H27N3O5. The Hall–Kier alpha value is -4.20. The Morgan fingerprint density at radius 3 is 2.49 bits per heavy atom. The van der Waals surface area contributed by atoms with Crippen LogP contribution in [0.15, 0.2) is 54.7 Å². The van der Waals surface area contributed by atoms with Gasteiger partial charge in [0.15, 0.2) is 0 Å². The first-order chi connectivity index (χ1) is 16.9. The number of aromatic carboxylic acids is 1. The summed E-state index contributed by atoms with van der Waals surface area (Å²) in [7, 11) is 0. The molecule has 0 spiro atoms. The Labute approximate surface area is 203 Å². The number of carbonyl (C=O) groups is 3. The number of nitrogens with zero attached hydrogens (tertiary/aromatic N) is 3. The van der Waals surface area contributed by atoms with Crippen LogP contribution in [0.3, 0.4) is 0 Å². The highest BCUT2D eigenvalue weighted by Gasteiger charge is 2.32. The molecule has 35 heavy (non-hydrogen) atoms. The largest absolute Gasteiger partial charge is 0.481 e. The third-order valence-corrected chi connectivity index (χ3v) is 6.07. The molecule has 8 nitrogen and oxygen atoms in total. The zero-order valence-corrected chi connectivity index (χ0v) is 19.5. The van der Waals surface area contributed by atoms with Crippen LogP contribution in [0.4, 0.5) is 5.69 Å². The number of rotatable bonds is 10. The highest BCUT2D eigenvalue weighted by Crippen LogP contribution is 2.37. The van der Waals surface area contributed by atoms with Gasteiger partial charge in [-0.1, -0.05) is 43.7 Å². The van der Waals surface area contributed by atoms with E-state index in [0.717, 1.165) is 41.9 Å². The van der Waals surface area contributed by atoms with Crippen molar-refractivity contribution in [2.24, 2.45) is 0 Å². The number of amides is 1. The Balaban J connectivity index is 1.72. The zero-order valence-electron chi connectivity index (χ0n) is 19.5. The van der Waals surface area contributed by atoms with Gasteiger partial charge in [0.1, 0.15) is 5.82 Å². The molecular weight excluding hydrogens is 446 g/mol. The molecule has 0 atom stereocenters. The monoisotopic (exact) mass is 473 g/mol. The second kappa shape index (κ2) is 10.4. The highest BCUT2D eigenvalue weighted by atomic mass is 16.4. The fourth-order valence-electron chi connectivity index (χ4n) is 4.22. The number of carbonyl (C=O) groups excluding carboxylic acids is 1. The van der Waals surface area contributed by atoms with Gasteiger partial charge in [0.25, 0.3) is 5.91 Å². The molecule has 0 bridgehead atoms. The van der Waals surface area contributed by atoms with Crippen molar-refractivity contribution in [3.63, 3.8) is 0 Å². The van der Waals surface area contributed by atoms with Crippen LogP contribution in [-0.2, 0) is 22.6 Å². The number of aryl methyl sites for hydroxylation is 1. The molecule has 0 radical (unpaired) electrons. The maximum absolute atomic E-state index is 13.3. The Morgan fingerprint density at radius 2 is 1.80 bits per heavy atom. The molecule has 1 aromatic heterocycles. The lowest BCUT2D eigenvalue weighted by Crippen LogP contribution is -2.28. The van der Waals surface area contributed by atoms with Gasteiger partial charge in [-0.3, -0.25) is 9.59 Å². The third-order valence-electron chi connectivity index (χ3n) is 6.07. The van der Waals surface area contributed by atoms with Gasteiger partial charge < -0.3 is 19.7 Å². The average molecular weight is 474 g/mol.